The molecule has 2 aromatic heterocycles. The van der Waals surface area contributed by atoms with Gasteiger partial charge in [0.25, 0.3) is 0 Å². The maximum atomic E-state index is 12.3. The van der Waals surface area contributed by atoms with E-state index in [-0.39, 0.29) is 5.25 Å². The average molecular weight is 363 g/mol. The number of piperazine rings is 1. The molecule has 2 aromatic rings. The summed E-state index contributed by atoms with van der Waals surface area (Å²) in [6, 6.07) is 5.74. The van der Waals surface area contributed by atoms with E-state index in [1.54, 1.807) is 24.3 Å². The predicted octanol–water partition coefficient (Wildman–Crippen LogP) is 1.74. The van der Waals surface area contributed by atoms with Gasteiger partial charge in [0.05, 0.1) is 22.3 Å². The third kappa shape index (κ3) is 3.28. The van der Waals surface area contributed by atoms with E-state index in [4.69, 9.17) is 0 Å². The van der Waals surface area contributed by atoms with Gasteiger partial charge in [0.15, 0.2) is 5.82 Å². The van der Waals surface area contributed by atoms with E-state index in [1.165, 1.54) is 0 Å². The topological polar surface area (TPSA) is 71.3 Å². The minimum absolute atomic E-state index is 0.380. The Bertz CT molecular complexity index is 837. The summed E-state index contributed by atoms with van der Waals surface area (Å²) < 4.78 is 28.1. The highest BCUT2D eigenvalue weighted by atomic mass is 32.2. The highest BCUT2D eigenvalue weighted by Gasteiger charge is 2.31. The first-order valence-electron chi connectivity index (χ1n) is 8.54. The van der Waals surface area contributed by atoms with E-state index in [9.17, 15) is 8.42 Å². The van der Waals surface area contributed by atoms with Crippen LogP contribution in [-0.2, 0) is 10.0 Å². The molecule has 1 saturated heterocycles. The number of sulfonamides is 1. The van der Waals surface area contributed by atoms with Crippen molar-refractivity contribution in [1.82, 2.24) is 19.1 Å². The Morgan fingerprint density at radius 1 is 1.08 bits per heavy atom. The zero-order valence-electron chi connectivity index (χ0n) is 15.2. The molecule has 3 heterocycles. The molecule has 0 atom stereocenters. The fraction of sp³-hybridized carbons (Fsp3) is 0.529. The first-order valence-corrected chi connectivity index (χ1v) is 10.0. The first kappa shape index (κ1) is 17.9. The smallest absolute Gasteiger partial charge is 0.216 e. The highest BCUT2D eigenvalue weighted by Crippen LogP contribution is 2.27. The molecular weight excluding hydrogens is 338 g/mol. The maximum Gasteiger partial charge on any atom is 0.216 e. The molecular formula is C17H25N5O2S. The van der Waals surface area contributed by atoms with Gasteiger partial charge in [-0.1, -0.05) is 6.07 Å². The Hall–Kier alpha value is -1.93. The van der Waals surface area contributed by atoms with Gasteiger partial charge < -0.3 is 4.90 Å². The lowest BCUT2D eigenvalue weighted by molar-refractivity contribution is 0.380. The standard InChI is InChI=1S/C17H25N5O2S/c1-13(2)25(23,24)21-11-9-20(10-12-21)17-14(3)19-22(15(17)4)16-7-5-6-8-18-16/h5-8,13H,9-12H2,1-4H3. The fourth-order valence-electron chi connectivity index (χ4n) is 3.26. The number of hydrogen-bond donors (Lipinski definition) is 0. The molecule has 25 heavy (non-hydrogen) atoms. The van der Waals surface area contributed by atoms with Crippen LogP contribution in [0.1, 0.15) is 25.2 Å². The van der Waals surface area contributed by atoms with Gasteiger partial charge in [-0.3, -0.25) is 0 Å². The number of anilines is 1. The molecule has 1 fully saturated rings. The first-order chi connectivity index (χ1) is 11.8. The molecule has 8 heteroatoms. The van der Waals surface area contributed by atoms with Crippen molar-refractivity contribution < 1.29 is 8.42 Å². The van der Waals surface area contributed by atoms with Crippen LogP contribution >= 0.6 is 0 Å². The lowest BCUT2D eigenvalue weighted by Crippen LogP contribution is -2.50. The summed E-state index contributed by atoms with van der Waals surface area (Å²) in [5.41, 5.74) is 3.03. The molecule has 0 unspecified atom stereocenters. The Morgan fingerprint density at radius 3 is 2.32 bits per heavy atom. The van der Waals surface area contributed by atoms with E-state index < -0.39 is 10.0 Å². The maximum absolute atomic E-state index is 12.3. The Morgan fingerprint density at radius 2 is 1.76 bits per heavy atom. The summed E-state index contributed by atoms with van der Waals surface area (Å²) in [4.78, 5) is 6.59. The monoisotopic (exact) mass is 363 g/mol. The molecule has 0 radical (unpaired) electrons. The number of aromatic nitrogens is 3. The zero-order chi connectivity index (χ0) is 18.2. The van der Waals surface area contributed by atoms with Crippen molar-refractivity contribution in [2.75, 3.05) is 31.1 Å². The van der Waals surface area contributed by atoms with Gasteiger partial charge in [0.1, 0.15) is 0 Å². The molecule has 0 N–H and O–H groups in total. The number of pyridine rings is 1. The number of nitrogens with zero attached hydrogens (tertiary/aromatic N) is 5. The van der Waals surface area contributed by atoms with Crippen LogP contribution in [0.15, 0.2) is 24.4 Å². The zero-order valence-corrected chi connectivity index (χ0v) is 16.0. The summed E-state index contributed by atoms with van der Waals surface area (Å²) in [5, 5.41) is 4.25. The molecule has 1 aliphatic rings. The fourth-order valence-corrected chi connectivity index (χ4v) is 4.53. The van der Waals surface area contributed by atoms with Gasteiger partial charge in [-0.25, -0.2) is 18.1 Å². The van der Waals surface area contributed by atoms with Gasteiger partial charge in [-0.2, -0.15) is 9.40 Å². The molecule has 136 valence electrons. The van der Waals surface area contributed by atoms with Crippen LogP contribution in [0.5, 0.6) is 0 Å². The molecule has 0 aliphatic carbocycles. The lowest BCUT2D eigenvalue weighted by Gasteiger charge is -2.36. The SMILES string of the molecule is Cc1nn(-c2ccccn2)c(C)c1N1CCN(S(=O)(=O)C(C)C)CC1. The summed E-state index contributed by atoms with van der Waals surface area (Å²) in [7, 11) is -3.19. The molecule has 0 bridgehead atoms. The van der Waals surface area contributed by atoms with Crippen molar-refractivity contribution in [2.24, 2.45) is 0 Å². The second-order valence-electron chi connectivity index (χ2n) is 6.60. The Balaban J connectivity index is 1.82. The van der Waals surface area contributed by atoms with Gasteiger partial charge in [-0.05, 0) is 39.8 Å². The van der Waals surface area contributed by atoms with Crippen molar-refractivity contribution in [3.8, 4) is 5.82 Å². The van der Waals surface area contributed by atoms with Crippen LogP contribution in [0.25, 0.3) is 5.82 Å². The Kier molecular flexibility index (Phi) is 4.83. The predicted molar refractivity (Wildman–Crippen MR) is 98.7 cm³/mol. The summed E-state index contributed by atoms with van der Waals surface area (Å²) in [6.45, 7) is 9.82. The summed E-state index contributed by atoms with van der Waals surface area (Å²) >= 11 is 0. The van der Waals surface area contributed by atoms with Crippen molar-refractivity contribution in [3.63, 3.8) is 0 Å². The van der Waals surface area contributed by atoms with Crippen molar-refractivity contribution >= 4 is 15.7 Å². The van der Waals surface area contributed by atoms with Crippen LogP contribution in [0.3, 0.4) is 0 Å². The minimum atomic E-state index is -3.19. The molecule has 3 rings (SSSR count). The number of hydrogen-bond acceptors (Lipinski definition) is 5. The van der Waals surface area contributed by atoms with Crippen LogP contribution in [0, 0.1) is 13.8 Å². The highest BCUT2D eigenvalue weighted by molar-refractivity contribution is 7.89. The molecule has 0 spiro atoms. The van der Waals surface area contributed by atoms with E-state index in [1.807, 2.05) is 36.7 Å². The quantitative estimate of drug-likeness (QED) is 0.827. The number of rotatable bonds is 4. The molecule has 0 saturated carbocycles. The normalized spacial score (nSPS) is 16.6. The summed E-state index contributed by atoms with van der Waals surface area (Å²) in [6.07, 6.45) is 1.75. The van der Waals surface area contributed by atoms with E-state index in [0.717, 1.165) is 22.9 Å². The molecule has 7 nitrogen and oxygen atoms in total. The lowest BCUT2D eigenvalue weighted by atomic mass is 10.2. The van der Waals surface area contributed by atoms with Gasteiger partial charge >= 0.3 is 0 Å². The van der Waals surface area contributed by atoms with Crippen molar-refractivity contribution in [3.05, 3.63) is 35.8 Å². The average Bonchev–Trinajstić information content (AvgIpc) is 2.90. The van der Waals surface area contributed by atoms with Gasteiger partial charge in [0, 0.05) is 32.4 Å². The van der Waals surface area contributed by atoms with Crippen LogP contribution in [0.4, 0.5) is 5.69 Å². The third-order valence-electron chi connectivity index (χ3n) is 4.63. The van der Waals surface area contributed by atoms with Crippen LogP contribution in [-0.4, -0.2) is 58.9 Å². The van der Waals surface area contributed by atoms with Gasteiger partial charge in [0.2, 0.25) is 10.0 Å². The molecule has 0 aromatic carbocycles. The van der Waals surface area contributed by atoms with E-state index in [0.29, 0.717) is 26.2 Å². The Labute approximate surface area is 149 Å². The summed E-state index contributed by atoms with van der Waals surface area (Å²) in [5.74, 6) is 0.787. The minimum Gasteiger partial charge on any atom is -0.366 e. The van der Waals surface area contributed by atoms with Crippen LogP contribution in [0.2, 0.25) is 0 Å². The van der Waals surface area contributed by atoms with E-state index in [2.05, 4.69) is 15.0 Å². The second kappa shape index (κ2) is 6.76. The largest absolute Gasteiger partial charge is 0.366 e. The number of aryl methyl sites for hydroxylation is 1. The van der Waals surface area contributed by atoms with Crippen molar-refractivity contribution in [2.45, 2.75) is 32.9 Å². The second-order valence-corrected chi connectivity index (χ2v) is 9.09. The van der Waals surface area contributed by atoms with E-state index >= 15 is 0 Å². The van der Waals surface area contributed by atoms with Gasteiger partial charge in [-0.15, -0.1) is 0 Å². The third-order valence-corrected chi connectivity index (χ3v) is 6.91. The van der Waals surface area contributed by atoms with Crippen LogP contribution < -0.4 is 4.90 Å². The van der Waals surface area contributed by atoms with Crippen molar-refractivity contribution in [1.29, 1.82) is 0 Å². The molecule has 1 aliphatic heterocycles. The molecule has 0 amide bonds.